The van der Waals surface area contributed by atoms with Gasteiger partial charge in [0, 0.05) is 10.9 Å². The number of carbonyl (C=O) groups is 1. The van der Waals surface area contributed by atoms with Gasteiger partial charge in [0.2, 0.25) is 0 Å². The molecule has 0 saturated heterocycles. The topological polar surface area (TPSA) is 17.1 Å². The van der Waals surface area contributed by atoms with E-state index in [4.69, 9.17) is 0 Å². The Morgan fingerprint density at radius 3 is 2.78 bits per heavy atom. The first-order valence-corrected chi connectivity index (χ1v) is 5.65. The van der Waals surface area contributed by atoms with E-state index < -0.39 is 0 Å². The Labute approximate surface area is 105 Å². The summed E-state index contributed by atoms with van der Waals surface area (Å²) in [6.07, 6.45) is 3.98. The second-order valence-corrected chi connectivity index (χ2v) is 4.13. The lowest BCUT2D eigenvalue weighted by Gasteiger charge is -2.04. The molecule has 0 aliphatic carbocycles. The number of fused-ring (bicyclic) bond motifs is 1. The van der Waals surface area contributed by atoms with Crippen molar-refractivity contribution in [1.29, 1.82) is 0 Å². The highest BCUT2D eigenvalue weighted by atomic mass is 19.1. The fourth-order valence-electron chi connectivity index (χ4n) is 1.80. The molecule has 0 aliphatic rings. The molecule has 0 N–H and O–H groups in total. The Morgan fingerprint density at radius 2 is 2.06 bits per heavy atom. The molecule has 2 aromatic rings. The van der Waals surface area contributed by atoms with E-state index in [0.29, 0.717) is 10.9 Å². The maximum absolute atomic E-state index is 14.2. The largest absolute Gasteiger partial charge is 0.290 e. The van der Waals surface area contributed by atoms with Gasteiger partial charge in [0.15, 0.2) is 5.78 Å². The van der Waals surface area contributed by atoms with E-state index in [9.17, 15) is 9.18 Å². The molecule has 2 heteroatoms. The molecule has 0 radical (unpaired) electrons. The van der Waals surface area contributed by atoms with Gasteiger partial charge in [-0.15, -0.1) is 0 Å². The zero-order chi connectivity index (χ0) is 13.1. The summed E-state index contributed by atoms with van der Waals surface area (Å²) < 4.78 is 14.2. The van der Waals surface area contributed by atoms with Crippen LogP contribution in [0.2, 0.25) is 0 Å². The van der Waals surface area contributed by atoms with Gasteiger partial charge in [0.1, 0.15) is 5.82 Å². The lowest BCUT2D eigenvalue weighted by Crippen LogP contribution is -1.88. The number of allylic oxidation sites excluding steroid dienone is 2. The molecule has 0 heterocycles. The van der Waals surface area contributed by atoms with Crippen molar-refractivity contribution in [2.24, 2.45) is 0 Å². The molecule has 0 spiro atoms. The molecule has 0 unspecified atom stereocenters. The summed E-state index contributed by atoms with van der Waals surface area (Å²) in [7, 11) is 0. The van der Waals surface area contributed by atoms with E-state index in [1.807, 2.05) is 25.1 Å². The molecule has 2 rings (SSSR count). The summed E-state index contributed by atoms with van der Waals surface area (Å²) in [6, 6.07) is 9.08. The summed E-state index contributed by atoms with van der Waals surface area (Å²) in [5, 5.41) is 1.42. The second kappa shape index (κ2) is 4.96. The quantitative estimate of drug-likeness (QED) is 0.739. The Morgan fingerprint density at radius 1 is 1.28 bits per heavy atom. The highest BCUT2D eigenvalue weighted by molar-refractivity contribution is 6.02. The van der Waals surface area contributed by atoms with Crippen LogP contribution in [-0.4, -0.2) is 5.78 Å². The van der Waals surface area contributed by atoms with E-state index >= 15 is 0 Å². The Bertz CT molecular complexity index is 653. The van der Waals surface area contributed by atoms with Crippen molar-refractivity contribution in [3.63, 3.8) is 0 Å². The van der Waals surface area contributed by atoms with Crippen LogP contribution in [0.1, 0.15) is 11.1 Å². The van der Waals surface area contributed by atoms with Crippen LogP contribution in [0.15, 0.2) is 49.1 Å². The number of ketones is 1. The third kappa shape index (κ3) is 2.38. The Kier molecular flexibility index (Phi) is 3.38. The fourth-order valence-corrected chi connectivity index (χ4v) is 1.80. The smallest absolute Gasteiger partial charge is 0.178 e. The molecule has 0 bridgehead atoms. The molecule has 90 valence electrons. The van der Waals surface area contributed by atoms with Crippen molar-refractivity contribution in [3.8, 4) is 0 Å². The number of benzene rings is 2. The lowest BCUT2D eigenvalue weighted by atomic mass is 10.0. The standard InChI is InChI=1S/C16H13FO/c1-3-14(18)8-7-12-5-6-13-10-11(2)4-9-15(13)16(12)17/h3-10H,1H2,2H3/b8-7+. The monoisotopic (exact) mass is 240 g/mol. The maximum Gasteiger partial charge on any atom is 0.178 e. The first-order chi connectivity index (χ1) is 8.61. The van der Waals surface area contributed by atoms with E-state index in [1.165, 1.54) is 18.2 Å². The van der Waals surface area contributed by atoms with E-state index in [0.717, 1.165) is 10.9 Å². The molecule has 18 heavy (non-hydrogen) atoms. The molecule has 0 aromatic heterocycles. The lowest BCUT2D eigenvalue weighted by molar-refractivity contribution is -0.110. The first-order valence-electron chi connectivity index (χ1n) is 5.65. The van der Waals surface area contributed by atoms with Gasteiger partial charge < -0.3 is 0 Å². The number of rotatable bonds is 3. The summed E-state index contributed by atoms with van der Waals surface area (Å²) in [4.78, 5) is 11.1. The van der Waals surface area contributed by atoms with Crippen molar-refractivity contribution in [3.05, 3.63) is 66.0 Å². The van der Waals surface area contributed by atoms with Crippen molar-refractivity contribution in [2.75, 3.05) is 0 Å². The zero-order valence-corrected chi connectivity index (χ0v) is 10.1. The van der Waals surface area contributed by atoms with Crippen LogP contribution < -0.4 is 0 Å². The summed E-state index contributed by atoms with van der Waals surface area (Å²) in [5.74, 6) is -0.543. The van der Waals surface area contributed by atoms with Gasteiger partial charge in [0.05, 0.1) is 0 Å². The first kappa shape index (κ1) is 12.2. The average molecular weight is 240 g/mol. The van der Waals surface area contributed by atoms with Crippen LogP contribution in [0.3, 0.4) is 0 Å². The minimum Gasteiger partial charge on any atom is -0.290 e. The normalized spacial score (nSPS) is 11.0. The molecule has 2 aromatic carbocycles. The number of hydrogen-bond donors (Lipinski definition) is 0. The SMILES string of the molecule is C=CC(=O)/C=C/c1ccc2cc(C)ccc2c1F. The number of halogens is 1. The average Bonchev–Trinajstić information content (AvgIpc) is 2.37. The summed E-state index contributed by atoms with van der Waals surface area (Å²) >= 11 is 0. The zero-order valence-electron chi connectivity index (χ0n) is 10.1. The van der Waals surface area contributed by atoms with Crippen molar-refractivity contribution in [1.82, 2.24) is 0 Å². The molecule has 1 nitrogen and oxygen atoms in total. The Balaban J connectivity index is 2.51. The van der Waals surface area contributed by atoms with Gasteiger partial charge >= 0.3 is 0 Å². The third-order valence-electron chi connectivity index (χ3n) is 2.77. The summed E-state index contributed by atoms with van der Waals surface area (Å²) in [6.45, 7) is 5.33. The highest BCUT2D eigenvalue weighted by Crippen LogP contribution is 2.23. The van der Waals surface area contributed by atoms with Gasteiger partial charge in [0.25, 0.3) is 0 Å². The predicted octanol–water partition coefficient (Wildman–Crippen LogP) is 4.06. The van der Waals surface area contributed by atoms with Crippen LogP contribution in [-0.2, 0) is 4.79 Å². The minimum absolute atomic E-state index is 0.238. The molecule has 0 saturated carbocycles. The van der Waals surface area contributed by atoms with Gasteiger partial charge in [-0.2, -0.15) is 0 Å². The molecular formula is C16H13FO. The van der Waals surface area contributed by atoms with Gasteiger partial charge in [-0.25, -0.2) is 4.39 Å². The maximum atomic E-state index is 14.2. The third-order valence-corrected chi connectivity index (χ3v) is 2.77. The van der Waals surface area contributed by atoms with Crippen LogP contribution in [0, 0.1) is 12.7 Å². The minimum atomic E-state index is -0.305. The molecule has 0 aliphatic heterocycles. The number of carbonyl (C=O) groups excluding carboxylic acids is 1. The number of hydrogen-bond acceptors (Lipinski definition) is 1. The molecular weight excluding hydrogens is 227 g/mol. The van der Waals surface area contributed by atoms with Crippen LogP contribution in [0.5, 0.6) is 0 Å². The van der Waals surface area contributed by atoms with E-state index in [1.54, 1.807) is 12.1 Å². The van der Waals surface area contributed by atoms with Crippen LogP contribution >= 0.6 is 0 Å². The molecule has 0 atom stereocenters. The predicted molar refractivity (Wildman–Crippen MR) is 72.9 cm³/mol. The summed E-state index contributed by atoms with van der Waals surface area (Å²) in [5.41, 5.74) is 1.49. The van der Waals surface area contributed by atoms with Crippen molar-refractivity contribution < 1.29 is 9.18 Å². The number of aryl methyl sites for hydroxylation is 1. The van der Waals surface area contributed by atoms with Crippen LogP contribution in [0.4, 0.5) is 4.39 Å². The fraction of sp³-hybridized carbons (Fsp3) is 0.0625. The van der Waals surface area contributed by atoms with E-state index in [2.05, 4.69) is 6.58 Å². The van der Waals surface area contributed by atoms with E-state index in [-0.39, 0.29) is 11.6 Å². The molecule has 0 amide bonds. The highest BCUT2D eigenvalue weighted by Gasteiger charge is 2.05. The van der Waals surface area contributed by atoms with Gasteiger partial charge in [-0.05, 0) is 30.5 Å². The van der Waals surface area contributed by atoms with Gasteiger partial charge in [-0.3, -0.25) is 4.79 Å². The van der Waals surface area contributed by atoms with Crippen molar-refractivity contribution >= 4 is 22.6 Å². The Hall–Kier alpha value is -2.22. The van der Waals surface area contributed by atoms with Gasteiger partial charge in [-0.1, -0.05) is 42.5 Å². The van der Waals surface area contributed by atoms with Crippen molar-refractivity contribution in [2.45, 2.75) is 6.92 Å². The van der Waals surface area contributed by atoms with Crippen LogP contribution in [0.25, 0.3) is 16.8 Å². The molecule has 0 fully saturated rings. The second-order valence-electron chi connectivity index (χ2n) is 4.13.